The monoisotopic (exact) mass is 290 g/mol. The lowest BCUT2D eigenvalue weighted by atomic mass is 9.91. The number of carbonyl (C=O) groups excluding carboxylic acids is 1. The van der Waals surface area contributed by atoms with Gasteiger partial charge in [-0.1, -0.05) is 13.8 Å². The highest BCUT2D eigenvalue weighted by molar-refractivity contribution is 6.84. The van der Waals surface area contributed by atoms with Crippen molar-refractivity contribution in [3.05, 3.63) is 0 Å². The Balaban J connectivity index is 4.40. The second-order valence-electron chi connectivity index (χ2n) is 6.79. The normalized spacial score (nSPS) is 13.6. The molecule has 5 heteroatoms. The Kier molecular flexibility index (Phi) is 6.30. The second-order valence-corrected chi connectivity index (χ2v) is 15.6. The second kappa shape index (κ2) is 6.34. The molecule has 0 aromatic rings. The highest BCUT2D eigenvalue weighted by Gasteiger charge is 2.35. The number of esters is 1. The van der Waals surface area contributed by atoms with Gasteiger partial charge in [0.05, 0.1) is 5.41 Å². The molecule has 0 fully saturated rings. The summed E-state index contributed by atoms with van der Waals surface area (Å²) in [4.78, 5) is 11.9. The van der Waals surface area contributed by atoms with Gasteiger partial charge in [-0.3, -0.25) is 4.79 Å². The minimum absolute atomic E-state index is 0.106. The van der Waals surface area contributed by atoms with Gasteiger partial charge < -0.3 is 8.85 Å². The summed E-state index contributed by atoms with van der Waals surface area (Å²) in [5, 5.41) is 0. The van der Waals surface area contributed by atoms with E-state index in [0.29, 0.717) is 6.23 Å². The summed E-state index contributed by atoms with van der Waals surface area (Å²) in [7, 11) is -3.46. The van der Waals surface area contributed by atoms with E-state index in [4.69, 9.17) is 8.85 Å². The molecular weight excluding hydrogens is 260 g/mol. The van der Waals surface area contributed by atoms with Crippen molar-refractivity contribution in [2.45, 2.75) is 66.3 Å². The van der Waals surface area contributed by atoms with Crippen molar-refractivity contribution in [1.82, 2.24) is 0 Å². The van der Waals surface area contributed by atoms with Gasteiger partial charge in [-0.15, -0.1) is 0 Å². The first-order chi connectivity index (χ1) is 7.96. The van der Waals surface area contributed by atoms with Crippen molar-refractivity contribution in [2.24, 2.45) is 5.41 Å². The molecule has 18 heavy (non-hydrogen) atoms. The van der Waals surface area contributed by atoms with Crippen LogP contribution in [0.1, 0.15) is 34.1 Å². The van der Waals surface area contributed by atoms with Crippen molar-refractivity contribution in [2.75, 3.05) is 6.23 Å². The zero-order chi connectivity index (χ0) is 14.6. The number of carbonyl (C=O) groups is 1. The maximum absolute atomic E-state index is 11.9. The van der Waals surface area contributed by atoms with E-state index < -0.39 is 16.6 Å². The third kappa shape index (κ3) is 6.15. The van der Waals surface area contributed by atoms with Gasteiger partial charge in [0.25, 0.3) is 0 Å². The number of hydrogen-bond acceptors (Lipinski definition) is 3. The lowest BCUT2D eigenvalue weighted by Gasteiger charge is -2.33. The van der Waals surface area contributed by atoms with Crippen molar-refractivity contribution in [1.29, 1.82) is 0 Å². The molecule has 0 bridgehead atoms. The predicted octanol–water partition coefficient (Wildman–Crippen LogP) is 3.95. The van der Waals surface area contributed by atoms with E-state index >= 15 is 0 Å². The highest BCUT2D eigenvalue weighted by Crippen LogP contribution is 2.23. The molecule has 0 atom stereocenters. The first-order valence-electron chi connectivity index (χ1n) is 6.83. The molecule has 3 nitrogen and oxygen atoms in total. The van der Waals surface area contributed by atoms with Crippen LogP contribution in [0.25, 0.3) is 0 Å². The molecule has 0 saturated carbocycles. The molecule has 108 valence electrons. The quantitative estimate of drug-likeness (QED) is 0.526. The Hall–Kier alpha value is -0.136. The number of hydrogen-bond donors (Lipinski definition) is 0. The van der Waals surface area contributed by atoms with E-state index in [-0.39, 0.29) is 11.4 Å². The van der Waals surface area contributed by atoms with Gasteiger partial charge in [-0.2, -0.15) is 0 Å². The zero-order valence-electron chi connectivity index (χ0n) is 13.3. The Morgan fingerprint density at radius 1 is 1.06 bits per heavy atom. The van der Waals surface area contributed by atoms with Gasteiger partial charge in [-0.05, 0) is 52.5 Å². The summed E-state index contributed by atoms with van der Waals surface area (Å²) in [5.41, 5.74) is -0.387. The van der Waals surface area contributed by atoms with Gasteiger partial charge in [-0.25, -0.2) is 0 Å². The standard InChI is InChI=1S/C13H30O3Si2/c1-9-13(3,4)12(14)15-11-18(7,8)16-17(5,6)10-2/h9-11H2,1-8H3. The first-order valence-corrected chi connectivity index (χ1v) is 13.1. The molecule has 0 radical (unpaired) electrons. The number of rotatable bonds is 7. The molecule has 0 heterocycles. The third-order valence-corrected chi connectivity index (χ3v) is 10.4. The van der Waals surface area contributed by atoms with Crippen molar-refractivity contribution in [3.8, 4) is 0 Å². The summed E-state index contributed by atoms with van der Waals surface area (Å²) in [6.45, 7) is 16.7. The minimum atomic E-state index is -1.90. The van der Waals surface area contributed by atoms with Crippen LogP contribution in [0.5, 0.6) is 0 Å². The lowest BCUT2D eigenvalue weighted by Crippen LogP contribution is -2.48. The summed E-state index contributed by atoms with van der Waals surface area (Å²) in [6.07, 6.45) is 1.26. The Morgan fingerprint density at radius 3 is 1.94 bits per heavy atom. The van der Waals surface area contributed by atoms with Crippen LogP contribution in [0.4, 0.5) is 0 Å². The lowest BCUT2D eigenvalue weighted by molar-refractivity contribution is -0.152. The van der Waals surface area contributed by atoms with Gasteiger partial charge in [0.15, 0.2) is 8.32 Å². The molecule has 0 amide bonds. The average Bonchev–Trinajstić information content (AvgIpc) is 2.24. The van der Waals surface area contributed by atoms with E-state index in [1.54, 1.807) is 0 Å². The fraction of sp³-hybridized carbons (Fsp3) is 0.923. The van der Waals surface area contributed by atoms with Crippen LogP contribution < -0.4 is 0 Å². The van der Waals surface area contributed by atoms with Gasteiger partial charge in [0, 0.05) is 0 Å². The smallest absolute Gasteiger partial charge is 0.311 e. The summed E-state index contributed by atoms with van der Waals surface area (Å²) < 4.78 is 11.7. The molecule has 0 saturated heterocycles. The van der Waals surface area contributed by atoms with Crippen LogP contribution in [-0.4, -0.2) is 28.8 Å². The molecule has 0 rings (SSSR count). The molecule has 0 N–H and O–H groups in total. The zero-order valence-corrected chi connectivity index (χ0v) is 15.3. The molecular formula is C13H30O3Si2. The van der Waals surface area contributed by atoms with Crippen molar-refractivity contribution < 1.29 is 13.6 Å². The van der Waals surface area contributed by atoms with Crippen molar-refractivity contribution in [3.63, 3.8) is 0 Å². The van der Waals surface area contributed by atoms with E-state index in [1.807, 2.05) is 20.8 Å². The van der Waals surface area contributed by atoms with Gasteiger partial charge in [0.1, 0.15) is 6.23 Å². The van der Waals surface area contributed by atoms with Crippen LogP contribution in [-0.2, 0) is 13.6 Å². The molecule has 0 aromatic carbocycles. The molecule has 0 aliphatic carbocycles. The van der Waals surface area contributed by atoms with E-state index in [0.717, 1.165) is 12.5 Å². The Bertz CT molecular complexity index is 286. The van der Waals surface area contributed by atoms with Crippen LogP contribution in [0.2, 0.25) is 32.2 Å². The largest absolute Gasteiger partial charge is 0.466 e. The SMILES string of the molecule is CCC(C)(C)C(=O)OC[Si](C)(C)O[Si](C)(C)CC. The van der Waals surface area contributed by atoms with E-state index in [2.05, 4.69) is 33.1 Å². The van der Waals surface area contributed by atoms with E-state index in [1.165, 1.54) is 0 Å². The number of ether oxygens (including phenoxy) is 1. The third-order valence-electron chi connectivity index (χ3n) is 3.39. The highest BCUT2D eigenvalue weighted by atomic mass is 28.4. The maximum atomic E-state index is 11.9. The molecule has 0 aliphatic rings. The summed E-state index contributed by atoms with van der Waals surface area (Å²) >= 11 is 0. The maximum Gasteiger partial charge on any atom is 0.311 e. The summed E-state index contributed by atoms with van der Waals surface area (Å²) in [6, 6.07) is 1.10. The average molecular weight is 291 g/mol. The van der Waals surface area contributed by atoms with Crippen LogP contribution in [0.3, 0.4) is 0 Å². The van der Waals surface area contributed by atoms with E-state index in [9.17, 15) is 4.79 Å². The topological polar surface area (TPSA) is 35.5 Å². The molecule has 0 unspecified atom stereocenters. The molecule has 0 aliphatic heterocycles. The Morgan fingerprint density at radius 2 is 1.56 bits per heavy atom. The van der Waals surface area contributed by atoms with Crippen molar-refractivity contribution >= 4 is 22.6 Å². The van der Waals surface area contributed by atoms with Crippen LogP contribution in [0, 0.1) is 5.41 Å². The minimum Gasteiger partial charge on any atom is -0.466 e. The fourth-order valence-electron chi connectivity index (χ4n) is 1.43. The van der Waals surface area contributed by atoms with Crippen LogP contribution in [0.15, 0.2) is 0 Å². The van der Waals surface area contributed by atoms with Gasteiger partial charge in [0.2, 0.25) is 8.32 Å². The van der Waals surface area contributed by atoms with Crippen LogP contribution >= 0.6 is 0 Å². The first kappa shape index (κ1) is 17.9. The van der Waals surface area contributed by atoms with Gasteiger partial charge >= 0.3 is 5.97 Å². The fourth-order valence-corrected chi connectivity index (χ4v) is 8.70. The Labute approximate surface area is 115 Å². The molecule has 0 aromatic heterocycles. The summed E-state index contributed by atoms with van der Waals surface area (Å²) in [5.74, 6) is -0.106. The predicted molar refractivity (Wildman–Crippen MR) is 81.6 cm³/mol. The molecule has 0 spiro atoms.